The van der Waals surface area contributed by atoms with E-state index in [4.69, 9.17) is 46.4 Å². The number of imide groups is 1. The zero-order valence-electron chi connectivity index (χ0n) is 44.4. The van der Waals surface area contributed by atoms with Crippen LogP contribution in [0.4, 0.5) is 0 Å². The van der Waals surface area contributed by atoms with Crippen LogP contribution in [0.1, 0.15) is 266 Å². The molecule has 5 aromatic carbocycles. The van der Waals surface area contributed by atoms with Gasteiger partial charge >= 0.3 is 5.97 Å². The number of carbonyl (C=O) groups is 4. The molecule has 5 aromatic rings. The fourth-order valence-electron chi connectivity index (χ4n) is 11.3. The number of fused-ring (bicyclic) bond motifs is 2. The quantitative estimate of drug-likeness (QED) is 0.00668. The van der Waals surface area contributed by atoms with Gasteiger partial charge in [0.2, 0.25) is 0 Å². The van der Waals surface area contributed by atoms with Crippen molar-refractivity contribution >= 4 is 119 Å². The Morgan fingerprint density at radius 2 is 0.784 bits per heavy atom. The Morgan fingerprint density at radius 3 is 1.18 bits per heavy atom. The smallest absolute Gasteiger partial charge is 0.338 e. The topological polar surface area (TPSA) is 148 Å². The van der Waals surface area contributed by atoms with Crippen molar-refractivity contribution in [1.29, 1.82) is 5.41 Å². The first-order valence-corrected chi connectivity index (χ1v) is 30.2. The highest BCUT2D eigenvalue weighted by Crippen LogP contribution is 2.53. The van der Waals surface area contributed by atoms with Crippen molar-refractivity contribution in [3.05, 3.63) is 66.1 Å². The number of nitrogens with one attached hydrogen (secondary N) is 4. The number of carboxylic acid groups (broad SMARTS) is 1. The molecule has 74 heavy (non-hydrogen) atoms. The van der Waals surface area contributed by atoms with Crippen molar-refractivity contribution in [3.8, 4) is 0 Å². The second-order valence-corrected chi connectivity index (χ2v) is 22.6. The Bertz CT molecular complexity index is 2700. The van der Waals surface area contributed by atoms with Crippen molar-refractivity contribution in [2.24, 2.45) is 0 Å². The lowest BCUT2D eigenvalue weighted by Gasteiger charge is -2.26. The van der Waals surface area contributed by atoms with Crippen LogP contribution in [-0.4, -0.2) is 47.7 Å². The molecule has 1 aliphatic rings. The van der Waals surface area contributed by atoms with E-state index in [2.05, 4.69) is 29.8 Å². The third kappa shape index (κ3) is 15.2. The summed E-state index contributed by atoms with van der Waals surface area (Å²) in [7, 11) is 0. The van der Waals surface area contributed by atoms with Gasteiger partial charge in [-0.1, -0.05) is 253 Å². The number of benzene rings is 5. The maximum atomic E-state index is 14.6. The molecule has 404 valence electrons. The molecule has 9 nitrogen and oxygen atoms in total. The second-order valence-electron chi connectivity index (χ2n) is 21.0. The summed E-state index contributed by atoms with van der Waals surface area (Å²) in [5.74, 6) is -3.40. The molecule has 5 N–H and O–H groups in total. The molecule has 0 aromatic heterocycles. The highest BCUT2D eigenvalue weighted by Gasteiger charge is 2.35. The first kappa shape index (κ1) is 59.4. The second kappa shape index (κ2) is 30.7. The minimum absolute atomic E-state index is 0.0515. The summed E-state index contributed by atoms with van der Waals surface area (Å²) in [5.41, 5.74) is -0.106. The molecule has 6 rings (SSSR count). The van der Waals surface area contributed by atoms with Gasteiger partial charge < -0.3 is 15.7 Å². The lowest BCUT2D eigenvalue weighted by molar-refractivity contribution is 0.0695. The van der Waals surface area contributed by atoms with E-state index in [9.17, 15) is 29.7 Å². The summed E-state index contributed by atoms with van der Waals surface area (Å²) in [6, 6.07) is 4.40. The molecular formula is C61H82Cl4N4O5. The first-order chi connectivity index (χ1) is 35.9. The van der Waals surface area contributed by atoms with Crippen LogP contribution in [0.15, 0.2) is 18.2 Å². The van der Waals surface area contributed by atoms with Gasteiger partial charge in [-0.25, -0.2) is 4.79 Å². The molecule has 0 saturated heterocycles. The average molecular weight is 1090 g/mol. The normalized spacial score (nSPS) is 12.5. The van der Waals surface area contributed by atoms with Crippen LogP contribution in [-0.2, 0) is 0 Å². The molecule has 0 unspecified atom stereocenters. The third-order valence-electron chi connectivity index (χ3n) is 15.3. The highest BCUT2D eigenvalue weighted by molar-refractivity contribution is 6.56. The van der Waals surface area contributed by atoms with Gasteiger partial charge in [-0.05, 0) is 31.0 Å². The molecule has 0 atom stereocenters. The van der Waals surface area contributed by atoms with E-state index in [0.717, 1.165) is 51.4 Å². The van der Waals surface area contributed by atoms with E-state index in [1.54, 1.807) is 0 Å². The number of amidine groups is 1. The Labute approximate surface area is 460 Å². The van der Waals surface area contributed by atoms with Gasteiger partial charge in [0.1, 0.15) is 5.84 Å². The van der Waals surface area contributed by atoms with Gasteiger partial charge in [0.05, 0.1) is 10.6 Å². The van der Waals surface area contributed by atoms with Gasteiger partial charge in [-0.15, -0.1) is 0 Å². The van der Waals surface area contributed by atoms with Crippen LogP contribution in [0.3, 0.4) is 0 Å². The molecule has 1 aliphatic heterocycles. The molecule has 13 heteroatoms. The predicted molar refractivity (Wildman–Crippen MR) is 313 cm³/mol. The third-order valence-corrected chi connectivity index (χ3v) is 16.6. The number of aromatic carboxylic acids is 1. The fourth-order valence-corrected chi connectivity index (χ4v) is 12.6. The number of hydrogen-bond donors (Lipinski definition) is 5. The molecule has 0 fully saturated rings. The van der Waals surface area contributed by atoms with Crippen LogP contribution in [0.2, 0.25) is 20.1 Å². The number of rotatable bonds is 37. The van der Waals surface area contributed by atoms with Crippen LogP contribution in [0.5, 0.6) is 0 Å². The van der Waals surface area contributed by atoms with Crippen LogP contribution in [0, 0.1) is 5.41 Å². The van der Waals surface area contributed by atoms with Crippen molar-refractivity contribution in [2.75, 3.05) is 13.1 Å². The molecule has 0 spiro atoms. The zero-order valence-corrected chi connectivity index (χ0v) is 47.4. The lowest BCUT2D eigenvalue weighted by Crippen LogP contribution is -2.34. The molecule has 0 aliphatic carbocycles. The van der Waals surface area contributed by atoms with Crippen molar-refractivity contribution in [3.63, 3.8) is 0 Å². The average Bonchev–Trinajstić information content (AvgIpc) is 3.39. The van der Waals surface area contributed by atoms with Crippen molar-refractivity contribution in [2.45, 2.75) is 219 Å². The summed E-state index contributed by atoms with van der Waals surface area (Å²) in [6.45, 7) is 5.31. The summed E-state index contributed by atoms with van der Waals surface area (Å²) in [4.78, 5) is 54.7. The molecule has 0 radical (unpaired) electrons. The maximum absolute atomic E-state index is 14.6. The number of amides is 3. The van der Waals surface area contributed by atoms with Crippen molar-refractivity contribution in [1.82, 2.24) is 16.0 Å². The fraction of sp³-hybridized carbons (Fsp3) is 0.590. The minimum Gasteiger partial charge on any atom is -0.478 e. The molecule has 3 amide bonds. The first-order valence-electron chi connectivity index (χ1n) is 28.6. The summed E-state index contributed by atoms with van der Waals surface area (Å²) in [5, 5.41) is 31.4. The SMILES string of the molecule is CCCCCCCCCCCCCCCCCCNC(=N)c1c(C(=O)O)c(Cl)c2c3c(Cl)cc4c5c(cc(Cl)c(c6c(Cl)cc(C(=O)NCCCCCCCCCCCCCCCCCC)c1c62)c53)C(=O)NC4=O. The van der Waals surface area contributed by atoms with Gasteiger partial charge in [0.15, 0.2) is 0 Å². The van der Waals surface area contributed by atoms with E-state index in [0.29, 0.717) is 34.6 Å². The van der Waals surface area contributed by atoms with Gasteiger partial charge in [0, 0.05) is 93.5 Å². The van der Waals surface area contributed by atoms with Gasteiger partial charge in [-0.3, -0.25) is 25.1 Å². The molecule has 0 saturated carbocycles. The summed E-state index contributed by atoms with van der Waals surface area (Å²) in [6.07, 6.45) is 39.5. The van der Waals surface area contributed by atoms with Crippen molar-refractivity contribution < 1.29 is 24.3 Å². The molecule has 0 bridgehead atoms. The Hall–Kier alpha value is -3.89. The van der Waals surface area contributed by atoms with E-state index in [1.807, 2.05) is 0 Å². The highest BCUT2D eigenvalue weighted by atomic mass is 35.5. The number of hydrogen-bond acceptors (Lipinski definition) is 5. The standard InChI is InChI=1S/C61H82Cl4N4O5/c1-3-5-7-9-11-13-15-17-19-21-23-25-27-29-31-33-35-67-57(66)54-47-42(58(70)68-36-34-32-30-28-26-24-22-20-18-16-14-12-10-8-6-4-2)39-44(63)49-48-43(62)37-40-46-41(60(72)69-59(40)71)38-45(64)50(51(46)48)53(52(47)49)56(65)55(54)61(73)74/h37-39H,3-36H2,1-2H3,(H2,66,67)(H,68,70)(H,73,74)(H,69,71,72). The van der Waals surface area contributed by atoms with E-state index < -0.39 is 29.3 Å². The number of unbranched alkanes of at least 4 members (excludes halogenated alkanes) is 30. The monoisotopic (exact) mass is 1090 g/mol. The van der Waals surface area contributed by atoms with Crippen LogP contribution < -0.4 is 16.0 Å². The largest absolute Gasteiger partial charge is 0.478 e. The van der Waals surface area contributed by atoms with Crippen LogP contribution >= 0.6 is 46.4 Å². The lowest BCUT2D eigenvalue weighted by atomic mass is 9.81. The number of carboxylic acids is 1. The van der Waals surface area contributed by atoms with Gasteiger partial charge in [-0.2, -0.15) is 0 Å². The number of halogens is 4. The Balaban J connectivity index is 1.18. The Morgan fingerprint density at radius 1 is 0.446 bits per heavy atom. The van der Waals surface area contributed by atoms with E-state index in [1.165, 1.54) is 172 Å². The molecular weight excluding hydrogens is 1010 g/mol. The summed E-state index contributed by atoms with van der Waals surface area (Å²) >= 11 is 28.8. The maximum Gasteiger partial charge on any atom is 0.338 e. The van der Waals surface area contributed by atoms with E-state index in [-0.39, 0.29) is 69.7 Å². The summed E-state index contributed by atoms with van der Waals surface area (Å²) < 4.78 is 0. The minimum atomic E-state index is -1.41. The molecule has 1 heterocycles. The zero-order chi connectivity index (χ0) is 53.0. The van der Waals surface area contributed by atoms with E-state index >= 15 is 0 Å². The Kier molecular flexibility index (Phi) is 24.7. The van der Waals surface area contributed by atoms with Crippen LogP contribution in [0.25, 0.3) is 43.1 Å². The predicted octanol–water partition coefficient (Wildman–Crippen LogP) is 19.1. The van der Waals surface area contributed by atoms with Gasteiger partial charge in [0.25, 0.3) is 17.7 Å². The number of carbonyl (C=O) groups excluding carboxylic acids is 3.